The van der Waals surface area contributed by atoms with Gasteiger partial charge in [0.25, 0.3) is 0 Å². The molecule has 0 saturated carbocycles. The summed E-state index contributed by atoms with van der Waals surface area (Å²) in [6.45, 7) is 15.0. The van der Waals surface area contributed by atoms with Crippen molar-refractivity contribution in [2.45, 2.75) is 53.9 Å². The fourth-order valence-corrected chi connectivity index (χ4v) is 1.40. The van der Waals surface area contributed by atoms with Crippen LogP contribution in [0.1, 0.15) is 53.9 Å². The van der Waals surface area contributed by atoms with E-state index in [0.29, 0.717) is 11.3 Å². The highest BCUT2D eigenvalue weighted by Gasteiger charge is 2.18. The molecule has 0 amide bonds. The van der Waals surface area contributed by atoms with Crippen LogP contribution in [0.25, 0.3) is 0 Å². The molecule has 0 spiro atoms. The van der Waals surface area contributed by atoms with Crippen LogP contribution in [-0.4, -0.2) is 38.6 Å². The van der Waals surface area contributed by atoms with Gasteiger partial charge in [0.2, 0.25) is 0 Å². The highest BCUT2D eigenvalue weighted by Crippen LogP contribution is 2.26. The van der Waals surface area contributed by atoms with Crippen molar-refractivity contribution in [3.05, 3.63) is 0 Å². The fraction of sp³-hybridized carbons (Fsp3) is 0.875. The molecule has 112 valence electrons. The molecular formula is C16H33N3. The van der Waals surface area contributed by atoms with E-state index in [1.54, 1.807) is 0 Å². The quantitative estimate of drug-likeness (QED) is 0.476. The molecular weight excluding hydrogens is 234 g/mol. The lowest BCUT2D eigenvalue weighted by Gasteiger charge is -2.25. The summed E-state index contributed by atoms with van der Waals surface area (Å²) in [7, 11) is 0. The average Bonchev–Trinajstić information content (AvgIpc) is 2.34. The molecule has 0 aliphatic rings. The van der Waals surface area contributed by atoms with Crippen molar-refractivity contribution in [3.8, 4) is 0 Å². The van der Waals surface area contributed by atoms with Crippen LogP contribution in [0.5, 0.6) is 0 Å². The SMILES string of the molecule is CCCC=NCCNCCN=CCC(C)C(C)(C)C. The predicted molar refractivity (Wildman–Crippen MR) is 87.7 cm³/mol. The normalized spacial score (nSPS) is 14.6. The first-order chi connectivity index (χ1) is 8.98. The van der Waals surface area contributed by atoms with Crippen molar-refractivity contribution in [2.75, 3.05) is 26.2 Å². The van der Waals surface area contributed by atoms with Crippen LogP contribution in [0.4, 0.5) is 0 Å². The van der Waals surface area contributed by atoms with Gasteiger partial charge in [-0.05, 0) is 36.6 Å². The van der Waals surface area contributed by atoms with Crippen molar-refractivity contribution in [3.63, 3.8) is 0 Å². The molecule has 1 unspecified atom stereocenters. The molecule has 0 heterocycles. The van der Waals surface area contributed by atoms with Crippen molar-refractivity contribution < 1.29 is 0 Å². The van der Waals surface area contributed by atoms with E-state index < -0.39 is 0 Å². The molecule has 3 heteroatoms. The van der Waals surface area contributed by atoms with E-state index in [1.807, 2.05) is 6.21 Å². The van der Waals surface area contributed by atoms with Crippen LogP contribution in [-0.2, 0) is 0 Å². The minimum Gasteiger partial charge on any atom is -0.313 e. The summed E-state index contributed by atoms with van der Waals surface area (Å²) >= 11 is 0. The van der Waals surface area contributed by atoms with Gasteiger partial charge in [0.05, 0.1) is 13.1 Å². The molecule has 3 nitrogen and oxygen atoms in total. The molecule has 0 aliphatic carbocycles. The lowest BCUT2D eigenvalue weighted by Crippen LogP contribution is -2.21. The number of nitrogens with zero attached hydrogens (tertiary/aromatic N) is 2. The standard InChI is InChI=1S/C16H33N3/c1-6-7-9-17-11-13-19-14-12-18-10-8-15(2)16(3,4)5/h9-10,15,19H,6-8,11-14H2,1-5H3. The topological polar surface area (TPSA) is 36.8 Å². The Labute approximate surface area is 120 Å². The first kappa shape index (κ1) is 18.3. The number of unbranched alkanes of at least 4 members (excludes halogenated alkanes) is 1. The van der Waals surface area contributed by atoms with Gasteiger partial charge in [-0.3, -0.25) is 9.98 Å². The predicted octanol–water partition coefficient (Wildman–Crippen LogP) is 3.59. The minimum atomic E-state index is 0.376. The molecule has 0 bridgehead atoms. The number of aliphatic imine (C=N–C) groups is 2. The van der Waals surface area contributed by atoms with Crippen LogP contribution >= 0.6 is 0 Å². The number of nitrogens with one attached hydrogen (secondary N) is 1. The van der Waals surface area contributed by atoms with Gasteiger partial charge in [0.1, 0.15) is 0 Å². The summed E-state index contributed by atoms with van der Waals surface area (Å²) in [6.07, 6.45) is 7.45. The summed E-state index contributed by atoms with van der Waals surface area (Å²) in [5, 5.41) is 3.35. The van der Waals surface area contributed by atoms with E-state index in [0.717, 1.165) is 39.0 Å². The lowest BCUT2D eigenvalue weighted by atomic mass is 9.80. The molecule has 0 aromatic carbocycles. The third-order valence-electron chi connectivity index (χ3n) is 3.45. The van der Waals surface area contributed by atoms with Crippen LogP contribution in [0.3, 0.4) is 0 Å². The second-order valence-corrected chi connectivity index (χ2v) is 6.22. The van der Waals surface area contributed by atoms with Gasteiger partial charge in [0.15, 0.2) is 0 Å². The third kappa shape index (κ3) is 12.1. The van der Waals surface area contributed by atoms with E-state index >= 15 is 0 Å². The Bertz CT molecular complexity index is 251. The van der Waals surface area contributed by atoms with Gasteiger partial charge in [-0.1, -0.05) is 41.0 Å². The minimum absolute atomic E-state index is 0.376. The van der Waals surface area contributed by atoms with Crippen molar-refractivity contribution in [1.82, 2.24) is 5.32 Å². The Morgan fingerprint density at radius 1 is 1.05 bits per heavy atom. The second-order valence-electron chi connectivity index (χ2n) is 6.22. The van der Waals surface area contributed by atoms with Gasteiger partial charge >= 0.3 is 0 Å². The summed E-state index contributed by atoms with van der Waals surface area (Å²) in [4.78, 5) is 8.77. The molecule has 1 N–H and O–H groups in total. The zero-order valence-electron chi connectivity index (χ0n) is 13.6. The molecule has 1 atom stereocenters. The first-order valence-corrected chi connectivity index (χ1v) is 7.65. The highest BCUT2D eigenvalue weighted by atomic mass is 14.9. The molecule has 0 rings (SSSR count). The van der Waals surface area contributed by atoms with Crippen LogP contribution in [0, 0.1) is 11.3 Å². The molecule has 0 radical (unpaired) electrons. The largest absolute Gasteiger partial charge is 0.313 e. The monoisotopic (exact) mass is 267 g/mol. The number of hydrogen-bond acceptors (Lipinski definition) is 3. The van der Waals surface area contributed by atoms with Gasteiger partial charge < -0.3 is 5.32 Å². The van der Waals surface area contributed by atoms with Crippen LogP contribution in [0.2, 0.25) is 0 Å². The van der Waals surface area contributed by atoms with Crippen molar-refractivity contribution in [1.29, 1.82) is 0 Å². The highest BCUT2D eigenvalue weighted by molar-refractivity contribution is 5.57. The van der Waals surface area contributed by atoms with Gasteiger partial charge in [0, 0.05) is 13.1 Å². The van der Waals surface area contributed by atoms with E-state index in [1.165, 1.54) is 6.42 Å². The summed E-state index contributed by atoms with van der Waals surface area (Å²) in [5.74, 6) is 0.678. The molecule has 0 aromatic rings. The van der Waals surface area contributed by atoms with Crippen LogP contribution in [0.15, 0.2) is 9.98 Å². The molecule has 19 heavy (non-hydrogen) atoms. The van der Waals surface area contributed by atoms with E-state index in [-0.39, 0.29) is 0 Å². The fourth-order valence-electron chi connectivity index (χ4n) is 1.40. The summed E-state index contributed by atoms with van der Waals surface area (Å²) < 4.78 is 0. The maximum Gasteiger partial charge on any atom is 0.0510 e. The third-order valence-corrected chi connectivity index (χ3v) is 3.45. The molecule has 0 fully saturated rings. The first-order valence-electron chi connectivity index (χ1n) is 7.65. The van der Waals surface area contributed by atoms with E-state index in [2.05, 4.69) is 56.1 Å². The van der Waals surface area contributed by atoms with Gasteiger partial charge in [-0.15, -0.1) is 0 Å². The number of hydrogen-bond donors (Lipinski definition) is 1. The maximum absolute atomic E-state index is 4.45. The second kappa shape index (κ2) is 11.2. The van der Waals surface area contributed by atoms with E-state index in [9.17, 15) is 0 Å². The average molecular weight is 267 g/mol. The number of rotatable bonds is 10. The van der Waals surface area contributed by atoms with Crippen molar-refractivity contribution in [2.24, 2.45) is 21.3 Å². The van der Waals surface area contributed by atoms with Crippen molar-refractivity contribution >= 4 is 12.4 Å². The summed E-state index contributed by atoms with van der Waals surface area (Å²) in [6, 6.07) is 0. The summed E-state index contributed by atoms with van der Waals surface area (Å²) in [5.41, 5.74) is 0.376. The lowest BCUT2D eigenvalue weighted by molar-refractivity contribution is 0.270. The zero-order valence-corrected chi connectivity index (χ0v) is 13.6. The smallest absolute Gasteiger partial charge is 0.0510 e. The Morgan fingerprint density at radius 2 is 1.63 bits per heavy atom. The Hall–Kier alpha value is -0.700. The Kier molecular flexibility index (Phi) is 10.7. The molecule has 0 saturated heterocycles. The Morgan fingerprint density at radius 3 is 2.16 bits per heavy atom. The zero-order chi connectivity index (χ0) is 14.6. The van der Waals surface area contributed by atoms with E-state index in [4.69, 9.17) is 0 Å². The van der Waals surface area contributed by atoms with Gasteiger partial charge in [-0.2, -0.15) is 0 Å². The molecule has 0 aromatic heterocycles. The van der Waals surface area contributed by atoms with Gasteiger partial charge in [-0.25, -0.2) is 0 Å². The maximum atomic E-state index is 4.45. The van der Waals surface area contributed by atoms with Crippen LogP contribution < -0.4 is 5.32 Å². The Balaban J connectivity index is 3.40. The molecule has 0 aliphatic heterocycles.